The first kappa shape index (κ1) is 27.7. The highest BCUT2D eigenvalue weighted by atomic mass is 32.1. The summed E-state index contributed by atoms with van der Waals surface area (Å²) in [5.41, 5.74) is 0.0391. The SMILES string of the molecule is C/C(=C\c1csc(C)n1)[C@@H]1CC2OC2(C)C/C=C/[C@H](C)[C@H](O)[C@@H](C)C(=O)C(C)(C)[C@@H](O)CC(=O)O1. The highest BCUT2D eigenvalue weighted by Gasteiger charge is 2.52. The summed E-state index contributed by atoms with van der Waals surface area (Å²) in [5, 5.41) is 24.5. The predicted octanol–water partition coefficient (Wildman–Crippen LogP) is 4.25. The van der Waals surface area contributed by atoms with E-state index in [9.17, 15) is 19.8 Å². The maximum absolute atomic E-state index is 13.2. The third kappa shape index (κ3) is 6.47. The topological polar surface area (TPSA) is 109 Å². The van der Waals surface area contributed by atoms with E-state index < -0.39 is 35.6 Å². The van der Waals surface area contributed by atoms with Gasteiger partial charge in [-0.05, 0) is 38.8 Å². The maximum atomic E-state index is 13.2. The molecule has 35 heavy (non-hydrogen) atoms. The molecule has 2 N–H and O–H groups in total. The number of aliphatic hydroxyl groups excluding tert-OH is 2. The van der Waals surface area contributed by atoms with E-state index in [0.29, 0.717) is 12.8 Å². The van der Waals surface area contributed by atoms with Crippen molar-refractivity contribution in [2.45, 2.75) is 97.7 Å². The number of ketones is 1. The van der Waals surface area contributed by atoms with Crippen LogP contribution < -0.4 is 0 Å². The first-order valence-electron chi connectivity index (χ1n) is 12.3. The Morgan fingerprint density at radius 2 is 1.91 bits per heavy atom. The van der Waals surface area contributed by atoms with Crippen LogP contribution in [-0.4, -0.2) is 57.0 Å². The molecule has 7 nitrogen and oxygen atoms in total. The highest BCUT2D eigenvalue weighted by Crippen LogP contribution is 2.44. The first-order chi connectivity index (χ1) is 16.2. The summed E-state index contributed by atoms with van der Waals surface area (Å²) >= 11 is 1.55. The zero-order valence-corrected chi connectivity index (χ0v) is 22.6. The minimum Gasteiger partial charge on any atom is -0.458 e. The number of carbonyl (C=O) groups is 2. The molecule has 0 saturated carbocycles. The third-order valence-electron chi connectivity index (χ3n) is 7.51. The van der Waals surface area contributed by atoms with Crippen molar-refractivity contribution in [2.75, 3.05) is 0 Å². The lowest BCUT2D eigenvalue weighted by atomic mass is 9.73. The Morgan fingerprint density at radius 1 is 1.23 bits per heavy atom. The van der Waals surface area contributed by atoms with Crippen LogP contribution in [0.5, 0.6) is 0 Å². The summed E-state index contributed by atoms with van der Waals surface area (Å²) in [6.07, 6.45) is 3.84. The van der Waals surface area contributed by atoms with Gasteiger partial charge < -0.3 is 19.7 Å². The van der Waals surface area contributed by atoms with Crippen LogP contribution in [0.25, 0.3) is 6.08 Å². The van der Waals surface area contributed by atoms with E-state index in [1.54, 1.807) is 32.1 Å². The van der Waals surface area contributed by atoms with Crippen LogP contribution >= 0.6 is 11.3 Å². The molecule has 3 rings (SSSR count). The van der Waals surface area contributed by atoms with E-state index in [1.165, 1.54) is 0 Å². The minimum atomic E-state index is -1.25. The Kier molecular flexibility index (Phi) is 8.41. The van der Waals surface area contributed by atoms with Gasteiger partial charge in [0.15, 0.2) is 0 Å². The number of cyclic esters (lactones) is 1. The molecule has 8 heteroatoms. The lowest BCUT2D eigenvalue weighted by Gasteiger charge is -2.34. The van der Waals surface area contributed by atoms with E-state index >= 15 is 0 Å². The molecule has 3 heterocycles. The molecular formula is C27H39NO6S. The number of rotatable bonds is 2. The molecule has 0 amide bonds. The van der Waals surface area contributed by atoms with Crippen molar-refractivity contribution in [3.05, 3.63) is 33.8 Å². The normalized spacial score (nSPS) is 37.9. The Hall–Kier alpha value is -1.87. The molecule has 1 saturated heterocycles. The number of carbonyl (C=O) groups excluding carboxylic acids is 2. The number of aromatic nitrogens is 1. The number of aliphatic hydroxyl groups is 2. The van der Waals surface area contributed by atoms with Gasteiger partial charge in [-0.3, -0.25) is 9.59 Å². The molecule has 0 aliphatic carbocycles. The molecule has 2 aliphatic heterocycles. The van der Waals surface area contributed by atoms with E-state index in [1.807, 2.05) is 51.3 Å². The third-order valence-corrected chi connectivity index (χ3v) is 8.30. The van der Waals surface area contributed by atoms with Gasteiger partial charge in [-0.2, -0.15) is 0 Å². The van der Waals surface area contributed by atoms with Gasteiger partial charge in [0, 0.05) is 23.6 Å². The molecule has 194 valence electrons. The molecule has 1 aromatic heterocycles. The van der Waals surface area contributed by atoms with Crippen LogP contribution in [0, 0.1) is 24.2 Å². The lowest BCUT2D eigenvalue weighted by molar-refractivity contribution is -0.154. The van der Waals surface area contributed by atoms with Gasteiger partial charge >= 0.3 is 5.97 Å². The number of ether oxygens (including phenoxy) is 2. The Balaban J connectivity index is 1.89. The number of hydrogen-bond acceptors (Lipinski definition) is 8. The van der Waals surface area contributed by atoms with Gasteiger partial charge in [0.25, 0.3) is 0 Å². The van der Waals surface area contributed by atoms with E-state index in [4.69, 9.17) is 9.47 Å². The number of esters is 1. The number of nitrogens with zero attached hydrogens (tertiary/aromatic N) is 1. The summed E-state index contributed by atoms with van der Waals surface area (Å²) in [5.74, 6) is -1.83. The zero-order valence-electron chi connectivity index (χ0n) is 21.8. The zero-order chi connectivity index (χ0) is 26.1. The van der Waals surface area contributed by atoms with Crippen molar-refractivity contribution in [1.29, 1.82) is 0 Å². The highest BCUT2D eigenvalue weighted by molar-refractivity contribution is 7.09. The molecule has 0 radical (unpaired) electrons. The Bertz CT molecular complexity index is 998. The maximum Gasteiger partial charge on any atom is 0.309 e. The molecule has 1 aromatic rings. The second-order valence-electron chi connectivity index (χ2n) is 10.9. The number of Topliss-reactive ketones (excluding diaryl/α,β-unsaturated/α-hetero) is 1. The number of fused-ring (bicyclic) bond motifs is 1. The van der Waals surface area contributed by atoms with Crippen molar-refractivity contribution in [3.8, 4) is 0 Å². The van der Waals surface area contributed by atoms with Crippen molar-refractivity contribution in [3.63, 3.8) is 0 Å². The number of aryl methyl sites for hydroxylation is 1. The summed E-state index contributed by atoms with van der Waals surface area (Å²) < 4.78 is 11.9. The van der Waals surface area contributed by atoms with Gasteiger partial charge in [-0.1, -0.05) is 39.8 Å². The largest absolute Gasteiger partial charge is 0.458 e. The van der Waals surface area contributed by atoms with Crippen LogP contribution in [0.3, 0.4) is 0 Å². The van der Waals surface area contributed by atoms with Crippen LogP contribution in [-0.2, 0) is 19.1 Å². The number of epoxide rings is 1. The number of thiazole rings is 1. The first-order valence-corrected chi connectivity index (χ1v) is 13.2. The fourth-order valence-corrected chi connectivity index (χ4v) is 5.24. The Morgan fingerprint density at radius 3 is 2.54 bits per heavy atom. The van der Waals surface area contributed by atoms with Gasteiger partial charge in [-0.25, -0.2) is 4.98 Å². The molecule has 2 aliphatic rings. The number of hydrogen-bond donors (Lipinski definition) is 2. The minimum absolute atomic E-state index is 0.0968. The molecule has 7 atom stereocenters. The van der Waals surface area contributed by atoms with E-state index in [2.05, 4.69) is 4.98 Å². The van der Waals surface area contributed by atoms with Crippen molar-refractivity contribution >= 4 is 29.2 Å². The van der Waals surface area contributed by atoms with E-state index in [-0.39, 0.29) is 29.8 Å². The molecular weight excluding hydrogens is 466 g/mol. The molecule has 0 spiro atoms. The average Bonchev–Trinajstić information content (AvgIpc) is 3.22. The van der Waals surface area contributed by atoms with Crippen LogP contribution in [0.1, 0.15) is 71.5 Å². The quantitative estimate of drug-likeness (QED) is 0.351. The molecule has 0 aromatic carbocycles. The lowest BCUT2D eigenvalue weighted by Crippen LogP contribution is -2.45. The molecule has 0 bridgehead atoms. The van der Waals surface area contributed by atoms with Crippen LogP contribution in [0.4, 0.5) is 0 Å². The van der Waals surface area contributed by atoms with Gasteiger partial charge in [0.2, 0.25) is 0 Å². The van der Waals surface area contributed by atoms with Gasteiger partial charge in [-0.15, -0.1) is 11.3 Å². The van der Waals surface area contributed by atoms with Crippen molar-refractivity contribution < 1.29 is 29.3 Å². The predicted molar refractivity (Wildman–Crippen MR) is 136 cm³/mol. The monoisotopic (exact) mass is 505 g/mol. The summed E-state index contributed by atoms with van der Waals surface area (Å²) in [4.78, 5) is 30.6. The van der Waals surface area contributed by atoms with E-state index in [0.717, 1.165) is 16.3 Å². The summed E-state index contributed by atoms with van der Waals surface area (Å²) in [7, 11) is 0. The molecule has 2 unspecified atom stereocenters. The van der Waals surface area contributed by atoms with Crippen molar-refractivity contribution in [1.82, 2.24) is 4.98 Å². The van der Waals surface area contributed by atoms with Gasteiger partial charge in [0.05, 0.1) is 46.5 Å². The van der Waals surface area contributed by atoms with Crippen LogP contribution in [0.15, 0.2) is 23.1 Å². The fraction of sp³-hybridized carbons (Fsp3) is 0.667. The smallest absolute Gasteiger partial charge is 0.309 e. The second kappa shape index (κ2) is 10.6. The second-order valence-corrected chi connectivity index (χ2v) is 12.0. The van der Waals surface area contributed by atoms with Crippen molar-refractivity contribution in [2.24, 2.45) is 17.3 Å². The average molecular weight is 506 g/mol. The van der Waals surface area contributed by atoms with Gasteiger partial charge in [0.1, 0.15) is 11.9 Å². The summed E-state index contributed by atoms with van der Waals surface area (Å²) in [6.45, 7) is 12.6. The fourth-order valence-electron chi connectivity index (χ4n) is 4.67. The molecule has 1 fully saturated rings. The summed E-state index contributed by atoms with van der Waals surface area (Å²) in [6, 6.07) is 0. The van der Waals surface area contributed by atoms with Crippen LogP contribution in [0.2, 0.25) is 0 Å². The standard InChI is InChI=1S/C27H39NO6S/c1-15-9-8-10-27(7)22(34-27)12-20(16(2)11-19-14-35-18(4)28-19)33-23(30)13-21(29)26(5,6)25(32)17(3)24(15)31/h8-9,11,14-15,17,20-22,24,29,31H,10,12-13H2,1-7H3/b9-8+,16-11+/t15-,17+,20-,21-,22?,24-,27?/m0/s1. The Labute approximate surface area is 212 Å².